The van der Waals surface area contributed by atoms with Crippen LogP contribution in [0.3, 0.4) is 0 Å². The SMILES string of the molecule is COc1ccc(-c2cn(-c3cccc(C(=O)/C=C/c4cc(OC)c(OC)c(OC)c4)c3)c(=O)[nH]2)cc1OC. The highest BCUT2D eigenvalue weighted by Crippen LogP contribution is 2.38. The fraction of sp³-hybridized carbons (Fsp3) is 0.172. The van der Waals surface area contributed by atoms with Crippen LogP contribution in [0, 0.1) is 0 Å². The number of nitrogens with zero attached hydrogens (tertiary/aromatic N) is 1. The van der Waals surface area contributed by atoms with E-state index < -0.39 is 0 Å². The molecule has 0 saturated heterocycles. The van der Waals surface area contributed by atoms with Gasteiger partial charge in [0.25, 0.3) is 0 Å². The van der Waals surface area contributed by atoms with Crippen molar-refractivity contribution in [2.75, 3.05) is 35.5 Å². The Kier molecular flexibility index (Phi) is 7.86. The Balaban J connectivity index is 1.61. The molecule has 0 amide bonds. The van der Waals surface area contributed by atoms with Crippen molar-refractivity contribution in [2.45, 2.75) is 0 Å². The molecule has 0 radical (unpaired) electrons. The minimum atomic E-state index is -0.340. The third kappa shape index (κ3) is 5.27. The molecule has 0 unspecified atom stereocenters. The van der Waals surface area contributed by atoms with Crippen molar-refractivity contribution in [1.29, 1.82) is 0 Å². The van der Waals surface area contributed by atoms with Crippen molar-refractivity contribution in [2.24, 2.45) is 0 Å². The Morgan fingerprint density at radius 1 is 0.789 bits per heavy atom. The largest absolute Gasteiger partial charge is 0.493 e. The molecule has 0 fully saturated rings. The van der Waals surface area contributed by atoms with Crippen LogP contribution in [-0.4, -0.2) is 50.9 Å². The zero-order valence-electron chi connectivity index (χ0n) is 21.7. The summed E-state index contributed by atoms with van der Waals surface area (Å²) in [6.45, 7) is 0. The molecule has 0 bridgehead atoms. The van der Waals surface area contributed by atoms with E-state index in [4.69, 9.17) is 23.7 Å². The predicted molar refractivity (Wildman–Crippen MR) is 144 cm³/mol. The Labute approximate surface area is 219 Å². The van der Waals surface area contributed by atoms with E-state index in [0.717, 1.165) is 5.56 Å². The number of benzene rings is 3. The second-order valence-electron chi connectivity index (χ2n) is 8.12. The third-order valence-corrected chi connectivity index (χ3v) is 5.94. The number of ether oxygens (including phenoxy) is 5. The van der Waals surface area contributed by atoms with E-state index >= 15 is 0 Å². The molecule has 0 spiro atoms. The van der Waals surface area contributed by atoms with Crippen LogP contribution in [0.25, 0.3) is 23.0 Å². The van der Waals surface area contributed by atoms with Gasteiger partial charge >= 0.3 is 5.69 Å². The number of imidazole rings is 1. The Morgan fingerprint density at radius 3 is 2.11 bits per heavy atom. The zero-order chi connectivity index (χ0) is 27.2. The Bertz CT molecular complexity index is 1520. The van der Waals surface area contributed by atoms with Gasteiger partial charge in [-0.1, -0.05) is 18.2 Å². The quantitative estimate of drug-likeness (QED) is 0.239. The van der Waals surface area contributed by atoms with E-state index in [-0.39, 0.29) is 11.5 Å². The number of ketones is 1. The molecule has 1 heterocycles. The lowest BCUT2D eigenvalue weighted by atomic mass is 10.1. The molecule has 3 aromatic carbocycles. The standard InChI is InChI=1S/C29H28N2O7/c1-34-24-12-10-19(16-25(24)35-2)22-17-31(29(33)30-22)21-8-6-7-20(15-21)23(32)11-9-18-13-26(36-3)28(38-5)27(14-18)37-4/h6-17H,1-5H3,(H,30,33)/b11-9+. The zero-order valence-corrected chi connectivity index (χ0v) is 21.7. The van der Waals surface area contributed by atoms with Gasteiger partial charge in [0.1, 0.15) is 0 Å². The van der Waals surface area contributed by atoms with E-state index in [2.05, 4.69) is 4.98 Å². The minimum Gasteiger partial charge on any atom is -0.493 e. The van der Waals surface area contributed by atoms with Gasteiger partial charge in [-0.3, -0.25) is 9.36 Å². The van der Waals surface area contributed by atoms with Crippen molar-refractivity contribution in [3.8, 4) is 45.7 Å². The van der Waals surface area contributed by atoms with Crippen LogP contribution in [0.5, 0.6) is 28.7 Å². The number of H-pyrrole nitrogens is 1. The van der Waals surface area contributed by atoms with E-state index in [0.29, 0.717) is 51.3 Å². The van der Waals surface area contributed by atoms with Crippen LogP contribution in [0.4, 0.5) is 0 Å². The molecular weight excluding hydrogens is 488 g/mol. The van der Waals surface area contributed by atoms with Crippen molar-refractivity contribution in [3.05, 3.63) is 88.5 Å². The molecule has 9 heteroatoms. The molecule has 4 aromatic rings. The molecule has 1 aromatic heterocycles. The number of carbonyl (C=O) groups is 1. The van der Waals surface area contributed by atoms with Gasteiger partial charge in [0.05, 0.1) is 46.9 Å². The number of rotatable bonds is 10. The summed E-state index contributed by atoms with van der Waals surface area (Å²) < 4.78 is 28.2. The third-order valence-electron chi connectivity index (χ3n) is 5.94. The van der Waals surface area contributed by atoms with Gasteiger partial charge in [-0.2, -0.15) is 0 Å². The number of aromatic amines is 1. The molecule has 196 valence electrons. The molecule has 0 aliphatic carbocycles. The first-order valence-electron chi connectivity index (χ1n) is 11.6. The summed E-state index contributed by atoms with van der Waals surface area (Å²) in [5, 5.41) is 0. The summed E-state index contributed by atoms with van der Waals surface area (Å²) >= 11 is 0. The van der Waals surface area contributed by atoms with Crippen LogP contribution in [0.15, 0.2) is 71.7 Å². The fourth-order valence-corrected chi connectivity index (χ4v) is 4.01. The minimum absolute atomic E-state index is 0.232. The molecule has 38 heavy (non-hydrogen) atoms. The van der Waals surface area contributed by atoms with Gasteiger partial charge in [0, 0.05) is 17.3 Å². The number of hydrogen-bond donors (Lipinski definition) is 1. The molecule has 0 atom stereocenters. The number of carbonyl (C=O) groups excluding carboxylic acids is 1. The average molecular weight is 517 g/mol. The van der Waals surface area contributed by atoms with E-state index in [1.165, 1.54) is 32.0 Å². The number of aromatic nitrogens is 2. The average Bonchev–Trinajstić information content (AvgIpc) is 3.36. The smallest absolute Gasteiger partial charge is 0.330 e. The molecule has 4 rings (SSSR count). The van der Waals surface area contributed by atoms with Crippen LogP contribution in [0.2, 0.25) is 0 Å². The van der Waals surface area contributed by atoms with Gasteiger partial charge in [-0.05, 0) is 54.1 Å². The van der Waals surface area contributed by atoms with Gasteiger partial charge in [0.2, 0.25) is 5.75 Å². The highest BCUT2D eigenvalue weighted by Gasteiger charge is 2.14. The van der Waals surface area contributed by atoms with Crippen molar-refractivity contribution < 1.29 is 28.5 Å². The lowest BCUT2D eigenvalue weighted by Crippen LogP contribution is -2.14. The lowest BCUT2D eigenvalue weighted by molar-refractivity contribution is 0.104. The highest BCUT2D eigenvalue weighted by molar-refractivity contribution is 6.07. The summed E-state index contributed by atoms with van der Waals surface area (Å²) in [4.78, 5) is 28.6. The Hall–Kier alpha value is -4.92. The molecule has 9 nitrogen and oxygen atoms in total. The highest BCUT2D eigenvalue weighted by atomic mass is 16.5. The fourth-order valence-electron chi connectivity index (χ4n) is 4.01. The lowest BCUT2D eigenvalue weighted by Gasteiger charge is -2.12. The van der Waals surface area contributed by atoms with E-state index in [1.54, 1.807) is 75.0 Å². The molecule has 0 aliphatic heterocycles. The first-order valence-corrected chi connectivity index (χ1v) is 11.6. The molecule has 0 saturated carbocycles. The van der Waals surface area contributed by atoms with Crippen LogP contribution >= 0.6 is 0 Å². The second-order valence-corrected chi connectivity index (χ2v) is 8.12. The number of allylic oxidation sites excluding steroid dienone is 1. The van der Waals surface area contributed by atoms with Crippen LogP contribution in [-0.2, 0) is 0 Å². The van der Waals surface area contributed by atoms with E-state index in [1.807, 2.05) is 6.07 Å². The molecule has 1 N–H and O–H groups in total. The normalized spacial score (nSPS) is 10.9. The summed E-state index contributed by atoms with van der Waals surface area (Å²) in [7, 11) is 7.69. The van der Waals surface area contributed by atoms with Gasteiger partial charge in [-0.15, -0.1) is 0 Å². The molecular formula is C29H28N2O7. The van der Waals surface area contributed by atoms with Crippen LogP contribution in [0.1, 0.15) is 15.9 Å². The van der Waals surface area contributed by atoms with Gasteiger partial charge < -0.3 is 28.7 Å². The Morgan fingerprint density at radius 2 is 1.47 bits per heavy atom. The monoisotopic (exact) mass is 516 g/mol. The maximum atomic E-state index is 13.0. The van der Waals surface area contributed by atoms with Gasteiger partial charge in [0.15, 0.2) is 28.8 Å². The number of hydrogen-bond acceptors (Lipinski definition) is 7. The van der Waals surface area contributed by atoms with Crippen LogP contribution < -0.4 is 29.4 Å². The summed E-state index contributed by atoms with van der Waals surface area (Å²) in [6.07, 6.45) is 4.80. The first-order chi connectivity index (χ1) is 18.4. The maximum absolute atomic E-state index is 13.0. The van der Waals surface area contributed by atoms with Crippen molar-refractivity contribution in [3.63, 3.8) is 0 Å². The summed E-state index contributed by atoms with van der Waals surface area (Å²) in [6, 6.07) is 15.7. The van der Waals surface area contributed by atoms with Gasteiger partial charge in [-0.25, -0.2) is 4.79 Å². The first kappa shape index (κ1) is 26.2. The van der Waals surface area contributed by atoms with Crippen molar-refractivity contribution >= 4 is 11.9 Å². The number of methoxy groups -OCH3 is 5. The second kappa shape index (κ2) is 11.4. The topological polar surface area (TPSA) is 101 Å². The molecule has 0 aliphatic rings. The summed E-state index contributed by atoms with van der Waals surface area (Å²) in [5.74, 6) is 2.34. The predicted octanol–water partition coefficient (Wildman–Crippen LogP) is 4.77. The summed E-state index contributed by atoms with van der Waals surface area (Å²) in [5.41, 5.74) is 2.67. The van der Waals surface area contributed by atoms with Crippen molar-refractivity contribution in [1.82, 2.24) is 9.55 Å². The number of nitrogens with one attached hydrogen (secondary N) is 1. The maximum Gasteiger partial charge on any atom is 0.330 e. The van der Waals surface area contributed by atoms with E-state index in [9.17, 15) is 9.59 Å².